The molecule has 0 unspecified atom stereocenters. The van der Waals surface area contributed by atoms with Crippen LogP contribution in [0.1, 0.15) is 65.9 Å². The topological polar surface area (TPSA) is 81.7 Å². The highest BCUT2D eigenvalue weighted by Gasteiger charge is 2.40. The Balaban J connectivity index is 2.55. The van der Waals surface area contributed by atoms with Crippen molar-refractivity contribution in [3.63, 3.8) is 0 Å². The standard InChI is InChI=1S/C31H54O8Si/c1-11-27(36-22-26-13-16-28(34-8)17-14-26)15-12-24(2)38-30(32)19-18-29(37-23-35-21-20-33-7)25(3)39-40(9,10)31(4,5)6/h11,13-14,16-17,24-25,27,29H,1,12,15,18-23H2,2-10H3/t24-,25-,27+,29-/m1/s1. The molecule has 0 radical (unpaired) electrons. The molecule has 230 valence electrons. The summed E-state index contributed by atoms with van der Waals surface area (Å²) in [6.07, 6.45) is 3.03. The lowest BCUT2D eigenvalue weighted by atomic mass is 10.1. The maximum Gasteiger partial charge on any atom is 0.306 e. The number of hydrogen-bond donors (Lipinski definition) is 0. The van der Waals surface area contributed by atoms with Gasteiger partial charge in [0, 0.05) is 13.5 Å². The van der Waals surface area contributed by atoms with E-state index in [4.69, 9.17) is 32.8 Å². The summed E-state index contributed by atoms with van der Waals surface area (Å²) >= 11 is 0. The summed E-state index contributed by atoms with van der Waals surface area (Å²) < 4.78 is 40.0. The first-order valence-electron chi connectivity index (χ1n) is 14.3. The first-order valence-corrected chi connectivity index (χ1v) is 17.2. The van der Waals surface area contributed by atoms with Crippen molar-refractivity contribution >= 4 is 14.3 Å². The zero-order valence-corrected chi connectivity index (χ0v) is 27.3. The van der Waals surface area contributed by atoms with Crippen LogP contribution in [0.3, 0.4) is 0 Å². The van der Waals surface area contributed by atoms with Crippen molar-refractivity contribution in [2.75, 3.05) is 34.2 Å². The summed E-state index contributed by atoms with van der Waals surface area (Å²) in [7, 11) is 1.26. The van der Waals surface area contributed by atoms with E-state index in [9.17, 15) is 4.79 Å². The summed E-state index contributed by atoms with van der Waals surface area (Å²) in [5, 5.41) is 0.0663. The molecule has 0 aromatic heterocycles. The molecule has 0 heterocycles. The Morgan fingerprint density at radius 2 is 1.68 bits per heavy atom. The lowest BCUT2D eigenvalue weighted by Crippen LogP contribution is -2.46. The summed E-state index contributed by atoms with van der Waals surface area (Å²) in [4.78, 5) is 12.7. The third-order valence-electron chi connectivity index (χ3n) is 7.32. The smallest absolute Gasteiger partial charge is 0.306 e. The molecule has 0 fully saturated rings. The van der Waals surface area contributed by atoms with Gasteiger partial charge in [0.1, 0.15) is 12.5 Å². The van der Waals surface area contributed by atoms with Gasteiger partial charge in [-0.15, -0.1) is 6.58 Å². The second kappa shape index (κ2) is 18.6. The second-order valence-corrected chi connectivity index (χ2v) is 16.4. The molecular formula is C31H54O8Si. The van der Waals surface area contributed by atoms with E-state index in [1.165, 1.54) is 0 Å². The van der Waals surface area contributed by atoms with Crippen molar-refractivity contribution in [3.8, 4) is 5.75 Å². The number of carbonyl (C=O) groups excluding carboxylic acids is 1. The largest absolute Gasteiger partial charge is 0.497 e. The van der Waals surface area contributed by atoms with Crippen LogP contribution in [-0.2, 0) is 39.5 Å². The maximum atomic E-state index is 12.7. The molecule has 0 aliphatic carbocycles. The lowest BCUT2D eigenvalue weighted by molar-refractivity contribution is -0.153. The van der Waals surface area contributed by atoms with Crippen LogP contribution in [0.2, 0.25) is 18.1 Å². The van der Waals surface area contributed by atoms with Crippen molar-refractivity contribution in [3.05, 3.63) is 42.5 Å². The average molecular weight is 583 g/mol. The van der Waals surface area contributed by atoms with Gasteiger partial charge in [0.2, 0.25) is 0 Å². The summed E-state index contributed by atoms with van der Waals surface area (Å²) in [5.74, 6) is 0.556. The average Bonchev–Trinajstić information content (AvgIpc) is 2.89. The zero-order valence-electron chi connectivity index (χ0n) is 26.3. The molecule has 40 heavy (non-hydrogen) atoms. The van der Waals surface area contributed by atoms with Crippen molar-refractivity contribution in [1.82, 2.24) is 0 Å². The molecule has 0 amide bonds. The summed E-state index contributed by atoms with van der Waals surface area (Å²) in [5.41, 5.74) is 1.06. The quantitative estimate of drug-likeness (QED) is 0.0522. The first kappa shape index (κ1) is 36.3. The predicted octanol–water partition coefficient (Wildman–Crippen LogP) is 6.67. The fourth-order valence-corrected chi connectivity index (χ4v) is 5.14. The van der Waals surface area contributed by atoms with E-state index >= 15 is 0 Å². The summed E-state index contributed by atoms with van der Waals surface area (Å²) in [6, 6.07) is 7.77. The Morgan fingerprint density at radius 1 is 1.00 bits per heavy atom. The highest BCUT2D eigenvalue weighted by Crippen LogP contribution is 2.38. The van der Waals surface area contributed by atoms with Gasteiger partial charge < -0.3 is 32.8 Å². The fourth-order valence-electron chi connectivity index (χ4n) is 3.70. The van der Waals surface area contributed by atoms with Gasteiger partial charge in [0.15, 0.2) is 8.32 Å². The van der Waals surface area contributed by atoms with Crippen molar-refractivity contribution in [2.45, 2.75) is 109 Å². The minimum Gasteiger partial charge on any atom is -0.497 e. The van der Waals surface area contributed by atoms with Crippen molar-refractivity contribution < 1.29 is 37.6 Å². The van der Waals surface area contributed by atoms with Crippen LogP contribution in [0.15, 0.2) is 36.9 Å². The van der Waals surface area contributed by atoms with Gasteiger partial charge in [0.25, 0.3) is 0 Å². The van der Waals surface area contributed by atoms with Gasteiger partial charge in [0.05, 0.1) is 51.3 Å². The molecule has 0 saturated heterocycles. The van der Waals surface area contributed by atoms with Crippen LogP contribution in [-0.4, -0.2) is 72.9 Å². The molecule has 9 heteroatoms. The van der Waals surface area contributed by atoms with Gasteiger partial charge in [-0.3, -0.25) is 4.79 Å². The van der Waals surface area contributed by atoms with Gasteiger partial charge in [-0.05, 0) is 68.9 Å². The molecule has 4 atom stereocenters. The number of methoxy groups -OCH3 is 2. The third-order valence-corrected chi connectivity index (χ3v) is 11.9. The van der Waals surface area contributed by atoms with E-state index in [1.54, 1.807) is 20.3 Å². The minimum absolute atomic E-state index is 0.0663. The van der Waals surface area contributed by atoms with Gasteiger partial charge >= 0.3 is 5.97 Å². The molecule has 0 spiro atoms. The fraction of sp³-hybridized carbons (Fsp3) is 0.710. The van der Waals surface area contributed by atoms with E-state index in [0.29, 0.717) is 39.1 Å². The number of benzene rings is 1. The molecule has 0 N–H and O–H groups in total. The van der Waals surface area contributed by atoms with Crippen molar-refractivity contribution in [2.24, 2.45) is 0 Å². The Morgan fingerprint density at radius 3 is 2.25 bits per heavy atom. The normalized spacial score (nSPS) is 15.2. The number of esters is 1. The number of rotatable bonds is 21. The van der Waals surface area contributed by atoms with Crippen LogP contribution in [0.25, 0.3) is 0 Å². The van der Waals surface area contributed by atoms with E-state index in [0.717, 1.165) is 11.3 Å². The highest BCUT2D eigenvalue weighted by atomic mass is 28.4. The SMILES string of the molecule is C=C[C@@H](CC[C@@H](C)OC(=O)CC[C@@H](OCOCCOC)[C@@H](C)O[Si](C)(C)C(C)(C)C)OCc1ccc(OC)cc1. The van der Waals surface area contributed by atoms with Gasteiger partial charge in [-0.25, -0.2) is 0 Å². The molecule has 8 nitrogen and oxygen atoms in total. The molecule has 0 saturated carbocycles. The van der Waals surface area contributed by atoms with E-state index in [-0.39, 0.29) is 48.6 Å². The Bertz CT molecular complexity index is 837. The van der Waals surface area contributed by atoms with Crippen LogP contribution in [0.4, 0.5) is 0 Å². The van der Waals surface area contributed by atoms with Gasteiger partial charge in [-0.2, -0.15) is 0 Å². The van der Waals surface area contributed by atoms with Crippen LogP contribution in [0, 0.1) is 0 Å². The van der Waals surface area contributed by atoms with Crippen LogP contribution >= 0.6 is 0 Å². The molecule has 0 aliphatic heterocycles. The predicted molar refractivity (Wildman–Crippen MR) is 161 cm³/mol. The summed E-state index contributed by atoms with van der Waals surface area (Å²) in [6.45, 7) is 20.4. The Kier molecular flexibility index (Phi) is 16.9. The molecule has 1 rings (SSSR count). The van der Waals surface area contributed by atoms with E-state index in [1.807, 2.05) is 38.1 Å². The molecule has 0 bridgehead atoms. The zero-order chi connectivity index (χ0) is 30.2. The number of hydrogen-bond acceptors (Lipinski definition) is 8. The Hall–Kier alpha value is -1.75. The van der Waals surface area contributed by atoms with E-state index in [2.05, 4.69) is 40.4 Å². The molecule has 1 aromatic carbocycles. The van der Waals surface area contributed by atoms with Crippen LogP contribution in [0.5, 0.6) is 5.75 Å². The highest BCUT2D eigenvalue weighted by molar-refractivity contribution is 6.74. The number of ether oxygens (including phenoxy) is 6. The third kappa shape index (κ3) is 14.2. The monoisotopic (exact) mass is 582 g/mol. The van der Waals surface area contributed by atoms with E-state index < -0.39 is 8.32 Å². The first-order chi connectivity index (χ1) is 18.8. The molecular weight excluding hydrogens is 528 g/mol. The second-order valence-electron chi connectivity index (χ2n) is 11.7. The Labute approximate surface area is 243 Å². The van der Waals surface area contributed by atoms with Crippen LogP contribution < -0.4 is 4.74 Å². The maximum absolute atomic E-state index is 12.7. The lowest BCUT2D eigenvalue weighted by Gasteiger charge is -2.40. The number of carbonyl (C=O) groups is 1. The van der Waals surface area contributed by atoms with Crippen molar-refractivity contribution in [1.29, 1.82) is 0 Å². The minimum atomic E-state index is -2.01. The van der Waals surface area contributed by atoms with Gasteiger partial charge in [-0.1, -0.05) is 39.0 Å². The molecule has 1 aromatic rings. The molecule has 0 aliphatic rings.